The summed E-state index contributed by atoms with van der Waals surface area (Å²) >= 11 is 0. The van der Waals surface area contributed by atoms with E-state index in [-0.39, 0.29) is 23.1 Å². The summed E-state index contributed by atoms with van der Waals surface area (Å²) in [6.07, 6.45) is 9.08. The highest BCUT2D eigenvalue weighted by molar-refractivity contribution is 6.04. The first-order valence-corrected chi connectivity index (χ1v) is 12.6. The van der Waals surface area contributed by atoms with Crippen LogP contribution < -0.4 is 21.6 Å². The van der Waals surface area contributed by atoms with Crippen molar-refractivity contribution >= 4 is 23.2 Å². The van der Waals surface area contributed by atoms with Gasteiger partial charge in [-0.25, -0.2) is 10.8 Å². The van der Waals surface area contributed by atoms with Crippen molar-refractivity contribution in [1.29, 1.82) is 0 Å². The lowest BCUT2D eigenvalue weighted by Gasteiger charge is -2.41. The molecule has 0 bridgehead atoms. The van der Waals surface area contributed by atoms with Crippen LogP contribution in [-0.4, -0.2) is 58.1 Å². The second-order valence-corrected chi connectivity index (χ2v) is 10.0. The highest BCUT2D eigenvalue weighted by Crippen LogP contribution is 2.52. The van der Waals surface area contributed by atoms with Crippen molar-refractivity contribution in [2.24, 2.45) is 17.0 Å². The van der Waals surface area contributed by atoms with E-state index in [1.807, 2.05) is 4.90 Å². The largest absolute Gasteiger partial charge is 0.495 e. The Morgan fingerprint density at radius 1 is 1.31 bits per heavy atom. The van der Waals surface area contributed by atoms with Crippen LogP contribution >= 0.6 is 0 Å². The molecular formula is C28H31N7O4. The van der Waals surface area contributed by atoms with E-state index < -0.39 is 5.91 Å². The third-order valence-corrected chi connectivity index (χ3v) is 7.27. The Hall–Kier alpha value is -4.64. The molecule has 11 heteroatoms. The zero-order valence-electron chi connectivity index (χ0n) is 21.7. The molecule has 2 aromatic heterocycles. The number of amides is 2. The highest BCUT2D eigenvalue weighted by atomic mass is 16.5. The van der Waals surface area contributed by atoms with Gasteiger partial charge in [-0.2, -0.15) is 0 Å². The van der Waals surface area contributed by atoms with Crippen LogP contribution in [0.2, 0.25) is 0 Å². The number of hydrogen-bond acceptors (Lipinski definition) is 9. The van der Waals surface area contributed by atoms with E-state index in [9.17, 15) is 9.59 Å². The number of carbonyl (C=O) groups excluding carboxylic acids is 2. The van der Waals surface area contributed by atoms with Crippen molar-refractivity contribution < 1.29 is 18.8 Å². The van der Waals surface area contributed by atoms with Gasteiger partial charge in [0.25, 0.3) is 5.91 Å². The van der Waals surface area contributed by atoms with Gasteiger partial charge in [-0.3, -0.25) is 9.59 Å². The molecule has 1 saturated carbocycles. The smallest absolute Gasteiger partial charge is 0.274 e. The van der Waals surface area contributed by atoms with Crippen LogP contribution in [0.4, 0.5) is 5.69 Å². The summed E-state index contributed by atoms with van der Waals surface area (Å²) in [5.74, 6) is 6.36. The topological polar surface area (TPSA) is 153 Å². The first kappa shape index (κ1) is 26.0. The standard InChI is InChI=1S/C28H31N7O4/c1-3-26(36)34-14-20(12-28(17-34)9-10-28)35(30)15-21(29)18-7-8-23(25(11-18)38-2)33-27(37)24-6-4-5-22(32-24)19-13-31-39-16-19/h3-8,11,13,15-16,20H,1,9-10,12,14,17,29-30H2,2H3,(H,33,37)/b21-15-. The Labute approximate surface area is 226 Å². The van der Waals surface area contributed by atoms with Gasteiger partial charge in [0, 0.05) is 24.9 Å². The van der Waals surface area contributed by atoms with Crippen LogP contribution in [-0.2, 0) is 4.79 Å². The third kappa shape index (κ3) is 5.63. The molecule has 1 unspecified atom stereocenters. The summed E-state index contributed by atoms with van der Waals surface area (Å²) in [7, 11) is 1.51. The summed E-state index contributed by atoms with van der Waals surface area (Å²) in [6, 6.07) is 10.3. The van der Waals surface area contributed by atoms with E-state index in [0.717, 1.165) is 25.8 Å². The van der Waals surface area contributed by atoms with E-state index in [0.29, 0.717) is 40.5 Å². The quantitative estimate of drug-likeness (QED) is 0.227. The number of ether oxygens (including phenoxy) is 1. The number of hydrazine groups is 1. The Morgan fingerprint density at radius 3 is 2.82 bits per heavy atom. The molecule has 2 fully saturated rings. The summed E-state index contributed by atoms with van der Waals surface area (Å²) in [4.78, 5) is 31.4. The molecule has 1 aliphatic heterocycles. The van der Waals surface area contributed by atoms with Crippen LogP contribution in [0, 0.1) is 5.41 Å². The van der Waals surface area contributed by atoms with Crippen molar-refractivity contribution in [2.45, 2.75) is 25.3 Å². The molecule has 5 N–H and O–H groups in total. The van der Waals surface area contributed by atoms with Gasteiger partial charge in [-0.15, -0.1) is 0 Å². The van der Waals surface area contributed by atoms with Gasteiger partial charge < -0.3 is 30.2 Å². The van der Waals surface area contributed by atoms with Crippen LogP contribution in [0.25, 0.3) is 17.0 Å². The Bertz CT molecular complexity index is 1420. The molecule has 1 spiro atoms. The maximum atomic E-state index is 12.9. The fourth-order valence-corrected chi connectivity index (χ4v) is 4.94. The highest BCUT2D eigenvalue weighted by Gasteiger charge is 2.50. The molecule has 11 nitrogen and oxygen atoms in total. The molecule has 0 radical (unpaired) electrons. The SMILES string of the molecule is C=CC(=O)N1CC(N(N)/C=C(\N)c2ccc(NC(=O)c3cccc(-c4cnoc4)n3)c(OC)c2)CC2(CC2)C1. The van der Waals surface area contributed by atoms with Crippen molar-refractivity contribution in [2.75, 3.05) is 25.5 Å². The van der Waals surface area contributed by atoms with E-state index in [4.69, 9.17) is 20.8 Å². The second kappa shape index (κ2) is 10.6. The van der Waals surface area contributed by atoms with Gasteiger partial charge in [0.15, 0.2) is 0 Å². The lowest BCUT2D eigenvalue weighted by molar-refractivity contribution is -0.129. The maximum absolute atomic E-state index is 12.9. The Morgan fingerprint density at radius 2 is 2.13 bits per heavy atom. The van der Waals surface area contributed by atoms with Gasteiger partial charge in [-0.1, -0.05) is 23.9 Å². The monoisotopic (exact) mass is 529 g/mol. The molecule has 1 atom stereocenters. The zero-order chi connectivity index (χ0) is 27.6. The molecule has 1 aliphatic carbocycles. The second-order valence-electron chi connectivity index (χ2n) is 10.0. The van der Waals surface area contributed by atoms with Gasteiger partial charge in [0.1, 0.15) is 17.7 Å². The summed E-state index contributed by atoms with van der Waals surface area (Å²) in [5.41, 5.74) is 9.56. The summed E-state index contributed by atoms with van der Waals surface area (Å²) in [6.45, 7) is 4.87. The van der Waals surface area contributed by atoms with Gasteiger partial charge in [-0.05, 0) is 55.0 Å². The fourth-order valence-electron chi connectivity index (χ4n) is 4.94. The molecule has 3 aromatic rings. The van der Waals surface area contributed by atoms with Crippen LogP contribution in [0.1, 0.15) is 35.3 Å². The number of nitrogens with zero attached hydrogens (tertiary/aromatic N) is 4. The maximum Gasteiger partial charge on any atom is 0.274 e. The summed E-state index contributed by atoms with van der Waals surface area (Å²) < 4.78 is 10.4. The van der Waals surface area contributed by atoms with Gasteiger partial charge in [0.05, 0.1) is 42.0 Å². The van der Waals surface area contributed by atoms with E-state index in [1.54, 1.807) is 47.6 Å². The Kier molecular flexibility index (Phi) is 7.07. The minimum Gasteiger partial charge on any atom is -0.495 e. The van der Waals surface area contributed by atoms with Crippen LogP contribution in [0.3, 0.4) is 0 Å². The third-order valence-electron chi connectivity index (χ3n) is 7.27. The number of pyridine rings is 1. The number of rotatable bonds is 8. The number of hydrogen-bond donors (Lipinski definition) is 3. The van der Waals surface area contributed by atoms with Gasteiger partial charge in [0.2, 0.25) is 5.91 Å². The number of anilines is 1. The van der Waals surface area contributed by atoms with Crippen molar-refractivity contribution in [1.82, 2.24) is 20.0 Å². The Balaban J connectivity index is 1.30. The van der Waals surface area contributed by atoms with Crippen molar-refractivity contribution in [3.05, 3.63) is 79.0 Å². The van der Waals surface area contributed by atoms with E-state index >= 15 is 0 Å². The number of likely N-dealkylation sites (tertiary alicyclic amines) is 1. The molecule has 1 saturated heterocycles. The minimum atomic E-state index is -0.402. The van der Waals surface area contributed by atoms with Crippen LogP contribution in [0.5, 0.6) is 5.75 Å². The molecular weight excluding hydrogens is 498 g/mol. The number of methoxy groups -OCH3 is 1. The van der Waals surface area contributed by atoms with Crippen molar-refractivity contribution in [3.8, 4) is 17.0 Å². The number of carbonyl (C=O) groups is 2. The number of piperidine rings is 1. The molecule has 2 amide bonds. The normalized spacial score (nSPS) is 17.9. The molecule has 202 valence electrons. The predicted molar refractivity (Wildman–Crippen MR) is 146 cm³/mol. The number of nitrogens with one attached hydrogen (secondary N) is 1. The molecule has 5 rings (SSSR count). The van der Waals surface area contributed by atoms with Crippen molar-refractivity contribution in [3.63, 3.8) is 0 Å². The van der Waals surface area contributed by atoms with Crippen LogP contribution in [0.15, 0.2) is 72.2 Å². The average Bonchev–Trinajstić information content (AvgIpc) is 3.45. The fraction of sp³-hybridized carbons (Fsp3) is 0.286. The number of aromatic nitrogens is 2. The predicted octanol–water partition coefficient (Wildman–Crippen LogP) is 3.00. The average molecular weight is 530 g/mol. The molecule has 3 heterocycles. The molecule has 2 aliphatic rings. The zero-order valence-corrected chi connectivity index (χ0v) is 21.7. The van der Waals surface area contributed by atoms with E-state index in [2.05, 4.69) is 22.0 Å². The first-order valence-electron chi connectivity index (χ1n) is 12.6. The molecule has 39 heavy (non-hydrogen) atoms. The van der Waals surface area contributed by atoms with E-state index in [1.165, 1.54) is 25.6 Å². The minimum absolute atomic E-state index is 0.0646. The first-order chi connectivity index (χ1) is 18.8. The number of benzene rings is 1. The lowest BCUT2D eigenvalue weighted by atomic mass is 9.91. The molecule has 1 aromatic carbocycles. The number of nitrogens with two attached hydrogens (primary N) is 2. The summed E-state index contributed by atoms with van der Waals surface area (Å²) in [5, 5.41) is 8.11. The lowest BCUT2D eigenvalue weighted by Crippen LogP contribution is -2.53. The van der Waals surface area contributed by atoms with Gasteiger partial charge >= 0.3 is 0 Å².